The fourth-order valence-electron chi connectivity index (χ4n) is 2.26. The lowest BCUT2D eigenvalue weighted by Gasteiger charge is -2.23. The Morgan fingerprint density at radius 2 is 2.05 bits per heavy atom. The molecule has 110 valence electrons. The third-order valence-electron chi connectivity index (χ3n) is 3.24. The minimum Gasteiger partial charge on any atom is -0.491 e. The average molecular weight is 305 g/mol. The Balaban J connectivity index is 2.11. The Kier molecular flexibility index (Phi) is 3.42. The van der Waals surface area contributed by atoms with Crippen LogP contribution in [0, 0.1) is 0 Å². The van der Waals surface area contributed by atoms with Gasteiger partial charge in [0.2, 0.25) is 0 Å². The number of benzene rings is 1. The van der Waals surface area contributed by atoms with Gasteiger partial charge in [-0.3, -0.25) is 4.31 Å². The summed E-state index contributed by atoms with van der Waals surface area (Å²) in [5.41, 5.74) is 6.14. The highest BCUT2D eigenvalue weighted by atomic mass is 32.2. The lowest BCUT2D eigenvalue weighted by atomic mass is 10.3. The predicted octanol–water partition coefficient (Wildman–Crippen LogP) is 1.64. The van der Waals surface area contributed by atoms with Crippen LogP contribution in [0.3, 0.4) is 0 Å². The second kappa shape index (κ2) is 5.25. The number of nitrogen functional groups attached to an aromatic ring is 1. The van der Waals surface area contributed by atoms with Crippen molar-refractivity contribution in [1.82, 2.24) is 4.98 Å². The Morgan fingerprint density at radius 1 is 1.24 bits per heavy atom. The molecule has 0 saturated heterocycles. The van der Waals surface area contributed by atoms with E-state index in [0.717, 1.165) is 0 Å². The van der Waals surface area contributed by atoms with E-state index in [2.05, 4.69) is 4.98 Å². The number of fused-ring (bicyclic) bond motifs is 1. The summed E-state index contributed by atoms with van der Waals surface area (Å²) in [4.78, 5) is 3.96. The van der Waals surface area contributed by atoms with Crippen LogP contribution in [0.1, 0.15) is 6.42 Å². The molecule has 6 nitrogen and oxygen atoms in total. The van der Waals surface area contributed by atoms with Crippen molar-refractivity contribution in [2.75, 3.05) is 23.2 Å². The number of para-hydroxylation sites is 2. The molecule has 0 radical (unpaired) electrons. The van der Waals surface area contributed by atoms with Gasteiger partial charge in [0.05, 0.1) is 17.2 Å². The van der Waals surface area contributed by atoms with Crippen LogP contribution in [0.4, 0.5) is 11.5 Å². The van der Waals surface area contributed by atoms with Crippen molar-refractivity contribution in [3.63, 3.8) is 0 Å². The van der Waals surface area contributed by atoms with Crippen molar-refractivity contribution in [3.8, 4) is 5.75 Å². The van der Waals surface area contributed by atoms with Crippen LogP contribution in [0.25, 0.3) is 0 Å². The SMILES string of the molecule is Nc1cc(S(=O)(=O)N2CCCOc3ccccc32)ccn1. The molecular formula is C14H15N3O3S. The first-order valence-corrected chi connectivity index (χ1v) is 7.99. The van der Waals surface area contributed by atoms with E-state index in [0.29, 0.717) is 31.0 Å². The Morgan fingerprint density at radius 3 is 2.86 bits per heavy atom. The van der Waals surface area contributed by atoms with Crippen LogP contribution in [-0.2, 0) is 10.0 Å². The van der Waals surface area contributed by atoms with Gasteiger partial charge in [-0.05, 0) is 18.2 Å². The minimum absolute atomic E-state index is 0.131. The average Bonchev–Trinajstić information content (AvgIpc) is 2.70. The highest BCUT2D eigenvalue weighted by Crippen LogP contribution is 2.34. The molecular weight excluding hydrogens is 290 g/mol. The molecule has 1 aliphatic rings. The van der Waals surface area contributed by atoms with Gasteiger partial charge < -0.3 is 10.5 Å². The van der Waals surface area contributed by atoms with Crippen LogP contribution in [0.5, 0.6) is 5.75 Å². The maximum absolute atomic E-state index is 12.8. The molecule has 1 aromatic carbocycles. The Hall–Kier alpha value is -2.28. The second-order valence-corrected chi connectivity index (χ2v) is 6.53. The first-order chi connectivity index (χ1) is 10.1. The summed E-state index contributed by atoms with van der Waals surface area (Å²) < 4.78 is 32.6. The molecule has 2 heterocycles. The number of hydrogen-bond acceptors (Lipinski definition) is 5. The molecule has 0 fully saturated rings. The molecule has 21 heavy (non-hydrogen) atoms. The molecule has 0 saturated carbocycles. The summed E-state index contributed by atoms with van der Waals surface area (Å²) in [6, 6.07) is 9.92. The van der Waals surface area contributed by atoms with Crippen LogP contribution >= 0.6 is 0 Å². The van der Waals surface area contributed by atoms with E-state index in [9.17, 15) is 8.42 Å². The van der Waals surface area contributed by atoms with E-state index in [-0.39, 0.29) is 10.7 Å². The third kappa shape index (κ3) is 2.52. The van der Waals surface area contributed by atoms with E-state index >= 15 is 0 Å². The van der Waals surface area contributed by atoms with Crippen molar-refractivity contribution in [2.45, 2.75) is 11.3 Å². The summed E-state index contributed by atoms with van der Waals surface area (Å²) in [6.07, 6.45) is 2.01. The molecule has 7 heteroatoms. The molecule has 2 aromatic rings. The van der Waals surface area contributed by atoms with E-state index < -0.39 is 10.0 Å². The number of ether oxygens (including phenoxy) is 1. The number of hydrogen-bond donors (Lipinski definition) is 1. The number of pyridine rings is 1. The van der Waals surface area contributed by atoms with Crippen molar-refractivity contribution in [3.05, 3.63) is 42.6 Å². The van der Waals surface area contributed by atoms with Gasteiger partial charge in [-0.2, -0.15) is 0 Å². The minimum atomic E-state index is -3.69. The van der Waals surface area contributed by atoms with Crippen molar-refractivity contribution in [1.29, 1.82) is 0 Å². The van der Waals surface area contributed by atoms with E-state index in [1.165, 1.54) is 22.6 Å². The molecule has 0 spiro atoms. The number of aromatic nitrogens is 1. The lowest BCUT2D eigenvalue weighted by molar-refractivity contribution is 0.322. The monoisotopic (exact) mass is 305 g/mol. The van der Waals surface area contributed by atoms with Gasteiger partial charge in [-0.1, -0.05) is 12.1 Å². The number of rotatable bonds is 2. The number of sulfonamides is 1. The summed E-state index contributed by atoms with van der Waals surface area (Å²) >= 11 is 0. The molecule has 2 N–H and O–H groups in total. The van der Waals surface area contributed by atoms with Gasteiger partial charge in [-0.25, -0.2) is 13.4 Å². The van der Waals surface area contributed by atoms with Crippen molar-refractivity contribution >= 4 is 21.5 Å². The fraction of sp³-hybridized carbons (Fsp3) is 0.214. The van der Waals surface area contributed by atoms with Crippen LogP contribution in [-0.4, -0.2) is 26.6 Å². The number of nitrogens with zero attached hydrogens (tertiary/aromatic N) is 2. The topological polar surface area (TPSA) is 85.5 Å². The predicted molar refractivity (Wildman–Crippen MR) is 79.7 cm³/mol. The quantitative estimate of drug-likeness (QED) is 0.911. The zero-order valence-corrected chi connectivity index (χ0v) is 12.1. The van der Waals surface area contributed by atoms with Gasteiger partial charge in [0.25, 0.3) is 10.0 Å². The summed E-state index contributed by atoms with van der Waals surface area (Å²) in [5.74, 6) is 0.746. The fourth-order valence-corrected chi connectivity index (χ4v) is 3.80. The molecule has 1 aromatic heterocycles. The van der Waals surface area contributed by atoms with Crippen LogP contribution in [0.2, 0.25) is 0 Å². The van der Waals surface area contributed by atoms with E-state index in [4.69, 9.17) is 10.5 Å². The zero-order chi connectivity index (χ0) is 14.9. The maximum atomic E-state index is 12.8. The summed E-state index contributed by atoms with van der Waals surface area (Å²) in [5, 5.41) is 0. The molecule has 3 rings (SSSR count). The normalized spacial score (nSPS) is 15.0. The van der Waals surface area contributed by atoms with Gasteiger partial charge in [0.15, 0.2) is 0 Å². The smallest absolute Gasteiger partial charge is 0.264 e. The van der Waals surface area contributed by atoms with E-state index in [1.54, 1.807) is 18.2 Å². The van der Waals surface area contributed by atoms with Crippen molar-refractivity contribution < 1.29 is 13.2 Å². The summed E-state index contributed by atoms with van der Waals surface area (Å²) in [6.45, 7) is 0.850. The molecule has 0 unspecified atom stereocenters. The molecule has 0 aliphatic carbocycles. The number of nitrogens with two attached hydrogens (primary N) is 1. The summed E-state index contributed by atoms with van der Waals surface area (Å²) in [7, 11) is -3.69. The first kappa shape index (κ1) is 13.7. The third-order valence-corrected chi connectivity index (χ3v) is 5.05. The molecule has 0 amide bonds. The van der Waals surface area contributed by atoms with Gasteiger partial charge in [-0.15, -0.1) is 0 Å². The van der Waals surface area contributed by atoms with Gasteiger partial charge >= 0.3 is 0 Å². The van der Waals surface area contributed by atoms with Gasteiger partial charge in [0, 0.05) is 25.2 Å². The van der Waals surface area contributed by atoms with Crippen LogP contribution < -0.4 is 14.8 Å². The molecule has 1 aliphatic heterocycles. The van der Waals surface area contributed by atoms with E-state index in [1.807, 2.05) is 6.07 Å². The zero-order valence-electron chi connectivity index (χ0n) is 11.3. The lowest BCUT2D eigenvalue weighted by Crippen LogP contribution is -2.31. The van der Waals surface area contributed by atoms with Crippen LogP contribution in [0.15, 0.2) is 47.5 Å². The highest BCUT2D eigenvalue weighted by Gasteiger charge is 2.28. The Labute approximate surface area is 123 Å². The molecule has 0 bridgehead atoms. The standard InChI is InChI=1S/C14H15N3O3S/c15-14-10-11(6-7-16-14)21(18,19)17-8-3-9-20-13-5-2-1-4-12(13)17/h1-2,4-7,10H,3,8-9H2,(H2,15,16). The largest absolute Gasteiger partial charge is 0.491 e. The maximum Gasteiger partial charge on any atom is 0.264 e. The van der Waals surface area contributed by atoms with Crippen molar-refractivity contribution in [2.24, 2.45) is 0 Å². The molecule has 0 atom stereocenters. The second-order valence-electron chi connectivity index (χ2n) is 4.66. The highest BCUT2D eigenvalue weighted by molar-refractivity contribution is 7.92. The van der Waals surface area contributed by atoms with Gasteiger partial charge in [0.1, 0.15) is 11.6 Å². The first-order valence-electron chi connectivity index (χ1n) is 6.55. The Bertz CT molecular complexity index is 762. The number of anilines is 2.